The second-order valence-electron chi connectivity index (χ2n) is 16.0. The average Bonchev–Trinajstić information content (AvgIpc) is 3.26. The Morgan fingerprint density at radius 2 is 1.59 bits per heavy atom. The van der Waals surface area contributed by atoms with Crippen molar-refractivity contribution in [1.29, 1.82) is 0 Å². The zero-order chi connectivity index (χ0) is 38.0. The lowest BCUT2D eigenvalue weighted by molar-refractivity contribution is -0.384. The Labute approximate surface area is 297 Å². The van der Waals surface area contributed by atoms with E-state index in [0.717, 1.165) is 4.90 Å². The summed E-state index contributed by atoms with van der Waals surface area (Å²) >= 11 is 0. The molecule has 3 aromatic carbocycles. The molecule has 0 bridgehead atoms. The van der Waals surface area contributed by atoms with Crippen LogP contribution < -0.4 is 14.4 Å². The van der Waals surface area contributed by atoms with Gasteiger partial charge in [0.15, 0.2) is 11.5 Å². The monoisotopic (exact) mass is 702 g/mol. The maximum absolute atomic E-state index is 15.5. The maximum Gasteiger partial charge on any atom is 0.421 e. The lowest BCUT2D eigenvalue weighted by Crippen LogP contribution is -2.61. The molecule has 0 aromatic heterocycles. The fraction of sp³-hybridized carbons (Fsp3) is 0.462. The first-order valence-corrected chi connectivity index (χ1v) is 16.8. The number of nitro benzene ring substituents is 1. The van der Waals surface area contributed by atoms with E-state index in [4.69, 9.17) is 18.9 Å². The molecule has 3 aromatic rings. The number of anilines is 1. The number of rotatable bonds is 5. The third kappa shape index (κ3) is 6.14. The molecule has 5 rings (SSSR count). The van der Waals surface area contributed by atoms with Crippen molar-refractivity contribution < 1.29 is 43.4 Å². The standard InChI is InChI=1S/C39H46N2O10/c1-12-49-33(43)32-39(24-20-22(41(46)47)16-17-27(24)40(34(39)44)35(45)51-38(8,9)10)29(23-14-13-15-28(48-11)31(23)50-32)21-18-25(36(2,3)4)30(42)26(19-21)37(5,6)7/h13-20,29,32,42H,12H2,1-11H3/t29-,32-,39+/m1/s1. The van der Waals surface area contributed by atoms with Crippen LogP contribution in [-0.4, -0.2) is 53.4 Å². The quantitative estimate of drug-likeness (QED) is 0.160. The number of nitrogens with zero attached hydrogens (tertiary/aromatic N) is 2. The number of fused-ring (bicyclic) bond motifs is 3. The van der Waals surface area contributed by atoms with E-state index >= 15 is 4.79 Å². The van der Waals surface area contributed by atoms with E-state index in [-0.39, 0.29) is 40.8 Å². The van der Waals surface area contributed by atoms with Crippen LogP contribution in [0.15, 0.2) is 48.5 Å². The van der Waals surface area contributed by atoms with Gasteiger partial charge < -0.3 is 24.1 Å². The highest BCUT2D eigenvalue weighted by Gasteiger charge is 2.69. The number of non-ortho nitro benzene ring substituents is 1. The second kappa shape index (κ2) is 12.6. The number of esters is 1. The zero-order valence-electron chi connectivity index (χ0n) is 31.0. The molecule has 0 saturated heterocycles. The number of hydrogen-bond donors (Lipinski definition) is 1. The molecule has 1 N–H and O–H groups in total. The highest BCUT2D eigenvalue weighted by molar-refractivity contribution is 6.23. The summed E-state index contributed by atoms with van der Waals surface area (Å²) in [7, 11) is 1.44. The first-order chi connectivity index (χ1) is 23.6. The first kappa shape index (κ1) is 37.1. The summed E-state index contributed by atoms with van der Waals surface area (Å²) in [6.07, 6.45) is -2.80. The van der Waals surface area contributed by atoms with E-state index in [9.17, 15) is 24.8 Å². The average molecular weight is 703 g/mol. The van der Waals surface area contributed by atoms with Crippen molar-refractivity contribution in [3.63, 3.8) is 0 Å². The van der Waals surface area contributed by atoms with Gasteiger partial charge >= 0.3 is 12.1 Å². The number of para-hydroxylation sites is 1. The lowest BCUT2D eigenvalue weighted by atomic mass is 9.60. The van der Waals surface area contributed by atoms with Crippen LogP contribution >= 0.6 is 0 Å². The van der Waals surface area contributed by atoms with Gasteiger partial charge in [0.25, 0.3) is 11.6 Å². The Kier molecular flexibility index (Phi) is 9.16. The van der Waals surface area contributed by atoms with Crippen LogP contribution in [-0.2, 0) is 35.3 Å². The number of methoxy groups -OCH3 is 1. The van der Waals surface area contributed by atoms with Gasteiger partial charge in [0.2, 0.25) is 6.10 Å². The van der Waals surface area contributed by atoms with E-state index in [1.807, 2.05) is 41.5 Å². The number of hydrogen-bond acceptors (Lipinski definition) is 10. The molecule has 2 aliphatic rings. The third-order valence-corrected chi connectivity index (χ3v) is 9.24. The molecule has 3 atom stereocenters. The van der Waals surface area contributed by atoms with Crippen LogP contribution in [0.3, 0.4) is 0 Å². The molecule has 0 radical (unpaired) electrons. The van der Waals surface area contributed by atoms with Crippen LogP contribution in [0.1, 0.15) is 103 Å². The molecule has 0 aliphatic carbocycles. The van der Waals surface area contributed by atoms with Crippen LogP contribution in [0.4, 0.5) is 16.2 Å². The number of benzene rings is 3. The van der Waals surface area contributed by atoms with Crippen molar-refractivity contribution >= 4 is 29.3 Å². The van der Waals surface area contributed by atoms with Crippen molar-refractivity contribution in [1.82, 2.24) is 0 Å². The van der Waals surface area contributed by atoms with Crippen molar-refractivity contribution in [3.8, 4) is 17.2 Å². The number of ether oxygens (including phenoxy) is 4. The van der Waals surface area contributed by atoms with E-state index in [2.05, 4.69) is 0 Å². The zero-order valence-corrected chi connectivity index (χ0v) is 31.0. The summed E-state index contributed by atoms with van der Waals surface area (Å²) in [6.45, 7) is 18.1. The Morgan fingerprint density at radius 3 is 2.10 bits per heavy atom. The first-order valence-electron chi connectivity index (χ1n) is 16.8. The second-order valence-corrected chi connectivity index (χ2v) is 16.0. The summed E-state index contributed by atoms with van der Waals surface area (Å²) in [5.74, 6) is -2.47. The van der Waals surface area contributed by atoms with Gasteiger partial charge in [-0.3, -0.25) is 14.9 Å². The third-order valence-electron chi connectivity index (χ3n) is 9.24. The Hall–Kier alpha value is -5.13. The number of amides is 2. The number of phenolic OH excluding ortho intramolecular Hbond substituents is 1. The fourth-order valence-corrected chi connectivity index (χ4v) is 7.11. The summed E-state index contributed by atoms with van der Waals surface area (Å²) < 4.78 is 23.5. The molecule has 12 nitrogen and oxygen atoms in total. The molecule has 0 fully saturated rings. The van der Waals surface area contributed by atoms with E-state index in [0.29, 0.717) is 22.3 Å². The molecule has 0 unspecified atom stereocenters. The van der Waals surface area contributed by atoms with Gasteiger partial charge in [-0.05, 0) is 67.3 Å². The minimum absolute atomic E-state index is 0.0000346. The summed E-state index contributed by atoms with van der Waals surface area (Å²) in [4.78, 5) is 56.4. The van der Waals surface area contributed by atoms with Crippen LogP contribution in [0.5, 0.6) is 17.2 Å². The van der Waals surface area contributed by atoms with Crippen molar-refractivity contribution in [2.45, 2.75) is 103 Å². The number of carbonyl (C=O) groups is 3. The van der Waals surface area contributed by atoms with Crippen LogP contribution in [0.25, 0.3) is 0 Å². The van der Waals surface area contributed by atoms with Crippen molar-refractivity contribution in [3.05, 3.63) is 86.5 Å². The normalized spacial score (nSPS) is 20.0. The smallest absolute Gasteiger partial charge is 0.421 e. The van der Waals surface area contributed by atoms with Gasteiger partial charge in [0.1, 0.15) is 16.8 Å². The molecule has 2 amide bonds. The van der Waals surface area contributed by atoms with Gasteiger partial charge in [-0.25, -0.2) is 14.5 Å². The fourth-order valence-electron chi connectivity index (χ4n) is 7.11. The highest BCUT2D eigenvalue weighted by Crippen LogP contribution is 2.62. The van der Waals surface area contributed by atoms with Gasteiger partial charge in [-0.1, -0.05) is 65.8 Å². The maximum atomic E-state index is 15.5. The molecule has 2 aliphatic heterocycles. The largest absolute Gasteiger partial charge is 0.507 e. The minimum atomic E-state index is -2.16. The predicted octanol–water partition coefficient (Wildman–Crippen LogP) is 7.58. The van der Waals surface area contributed by atoms with E-state index in [1.54, 1.807) is 58.0 Å². The number of nitro groups is 1. The Balaban J connectivity index is 2.03. The number of carbonyl (C=O) groups excluding carboxylic acids is 3. The molecular formula is C39H46N2O10. The molecule has 272 valence electrons. The predicted molar refractivity (Wildman–Crippen MR) is 190 cm³/mol. The van der Waals surface area contributed by atoms with E-state index < -0.39 is 56.8 Å². The van der Waals surface area contributed by atoms with Crippen molar-refractivity contribution in [2.24, 2.45) is 0 Å². The van der Waals surface area contributed by atoms with Crippen molar-refractivity contribution in [2.75, 3.05) is 18.6 Å². The molecule has 1 spiro atoms. The van der Waals surface area contributed by atoms with Gasteiger partial charge in [-0.15, -0.1) is 0 Å². The highest BCUT2D eigenvalue weighted by atomic mass is 16.6. The molecule has 12 heteroatoms. The van der Waals surface area contributed by atoms with Crippen LogP contribution in [0.2, 0.25) is 0 Å². The summed E-state index contributed by atoms with van der Waals surface area (Å²) in [6, 6.07) is 12.4. The minimum Gasteiger partial charge on any atom is -0.507 e. The number of phenols is 1. The summed E-state index contributed by atoms with van der Waals surface area (Å²) in [5, 5.41) is 24.0. The molecule has 2 heterocycles. The lowest BCUT2D eigenvalue weighted by Gasteiger charge is -2.46. The Morgan fingerprint density at radius 1 is 0.980 bits per heavy atom. The number of aromatic hydroxyl groups is 1. The SMILES string of the molecule is CCOC(=O)[C@H]1Oc2c(OC)cccc2[C@@H](c2cc(C(C)(C)C)c(O)c(C(C)(C)C)c2)[C@]12C(=O)N(C(=O)OC(C)(C)C)c1ccc([N+](=O)[O-])cc12. The topological polar surface area (TPSA) is 155 Å². The molecule has 51 heavy (non-hydrogen) atoms. The van der Waals surface area contributed by atoms with E-state index in [1.165, 1.54) is 25.3 Å². The molecular weight excluding hydrogens is 656 g/mol. The summed E-state index contributed by atoms with van der Waals surface area (Å²) in [5.41, 5.74) is -2.72. The van der Waals surface area contributed by atoms with Gasteiger partial charge in [0, 0.05) is 29.2 Å². The Bertz CT molecular complexity index is 1900. The van der Waals surface area contributed by atoms with Gasteiger partial charge in [-0.2, -0.15) is 0 Å². The van der Waals surface area contributed by atoms with Crippen LogP contribution in [0, 0.1) is 10.1 Å². The number of imide groups is 1. The van der Waals surface area contributed by atoms with Gasteiger partial charge in [0.05, 0.1) is 24.3 Å². The molecule has 0 saturated carbocycles.